The lowest BCUT2D eigenvalue weighted by atomic mass is 10.1. The van der Waals surface area contributed by atoms with Crippen molar-refractivity contribution in [3.05, 3.63) is 90.0 Å². The van der Waals surface area contributed by atoms with Crippen LogP contribution in [0, 0.1) is 5.41 Å². The van der Waals surface area contributed by atoms with Crippen molar-refractivity contribution in [3.63, 3.8) is 0 Å². The third kappa shape index (κ3) is 5.44. The summed E-state index contributed by atoms with van der Waals surface area (Å²) in [7, 11) is 0. The zero-order chi connectivity index (χ0) is 25.7. The Labute approximate surface area is 207 Å². The quantitative estimate of drug-likeness (QED) is 0.310. The second-order valence-electron chi connectivity index (χ2n) is 8.01. The highest BCUT2D eigenvalue weighted by atomic mass is 16.6. The Bertz CT molecular complexity index is 1300. The van der Waals surface area contributed by atoms with Crippen LogP contribution < -0.4 is 20.3 Å². The summed E-state index contributed by atoms with van der Waals surface area (Å²) >= 11 is 0. The molecule has 1 atom stereocenters. The van der Waals surface area contributed by atoms with E-state index in [4.69, 9.17) is 20.6 Å². The van der Waals surface area contributed by atoms with Crippen LogP contribution in [-0.4, -0.2) is 54.7 Å². The van der Waals surface area contributed by atoms with Gasteiger partial charge in [-0.25, -0.2) is 4.79 Å². The number of carbonyl (C=O) groups excluding carboxylic acids is 2. The van der Waals surface area contributed by atoms with Gasteiger partial charge >= 0.3 is 12.1 Å². The van der Waals surface area contributed by atoms with E-state index in [-0.39, 0.29) is 30.3 Å². The standard InChI is InChI=1S/C26H24N4O6/c27-24(28)17-7-6-10-19(13-17)30-14-20(36-26(30)34)16-35-22-12-5-4-11-21(22)25(33)29(15-23(31)32)18-8-2-1-3-9-18/h1-13,20H,14-16H2,(H3,27,28)(H,31,32). The van der Waals surface area contributed by atoms with Crippen LogP contribution in [-0.2, 0) is 9.53 Å². The lowest BCUT2D eigenvalue weighted by Crippen LogP contribution is -2.36. The maximum Gasteiger partial charge on any atom is 0.414 e. The molecule has 3 aromatic carbocycles. The zero-order valence-corrected chi connectivity index (χ0v) is 19.2. The van der Waals surface area contributed by atoms with Crippen LogP contribution in [0.25, 0.3) is 0 Å². The van der Waals surface area contributed by atoms with E-state index in [1.807, 2.05) is 0 Å². The van der Waals surface area contributed by atoms with Gasteiger partial charge < -0.3 is 20.3 Å². The first kappa shape index (κ1) is 24.3. The van der Waals surface area contributed by atoms with Crippen LogP contribution in [0.3, 0.4) is 0 Å². The summed E-state index contributed by atoms with van der Waals surface area (Å²) in [4.78, 5) is 39.8. The number of amides is 2. The van der Waals surface area contributed by atoms with Crippen molar-refractivity contribution < 1.29 is 29.0 Å². The van der Waals surface area contributed by atoms with E-state index in [9.17, 15) is 19.5 Å². The molecule has 4 N–H and O–H groups in total. The zero-order valence-electron chi connectivity index (χ0n) is 19.2. The first-order chi connectivity index (χ1) is 17.3. The van der Waals surface area contributed by atoms with Crippen LogP contribution in [0.2, 0.25) is 0 Å². The maximum atomic E-state index is 13.3. The number of hydrogen-bond donors (Lipinski definition) is 3. The molecule has 1 heterocycles. The number of para-hydroxylation sites is 2. The number of carboxylic acid groups (broad SMARTS) is 1. The number of aliphatic carboxylic acids is 1. The highest BCUT2D eigenvalue weighted by Crippen LogP contribution is 2.26. The Morgan fingerprint density at radius 2 is 1.81 bits per heavy atom. The average molecular weight is 489 g/mol. The third-order valence-electron chi connectivity index (χ3n) is 5.49. The van der Waals surface area contributed by atoms with Crippen molar-refractivity contribution in [2.75, 3.05) is 29.5 Å². The molecule has 1 fully saturated rings. The number of anilines is 2. The van der Waals surface area contributed by atoms with E-state index in [2.05, 4.69) is 0 Å². The van der Waals surface area contributed by atoms with E-state index in [0.717, 1.165) is 4.90 Å². The summed E-state index contributed by atoms with van der Waals surface area (Å²) in [6, 6.07) is 21.7. The molecule has 1 aliphatic rings. The number of carboxylic acids is 1. The summed E-state index contributed by atoms with van der Waals surface area (Å²) in [5, 5.41) is 16.9. The molecule has 36 heavy (non-hydrogen) atoms. The molecule has 3 aromatic rings. The molecule has 1 saturated heterocycles. The largest absolute Gasteiger partial charge is 0.489 e. The molecule has 4 rings (SSSR count). The Kier molecular flexibility index (Phi) is 7.15. The van der Waals surface area contributed by atoms with Gasteiger partial charge in [-0.2, -0.15) is 0 Å². The first-order valence-electron chi connectivity index (χ1n) is 11.1. The van der Waals surface area contributed by atoms with Gasteiger partial charge in [0.05, 0.1) is 12.1 Å². The number of hydrogen-bond acceptors (Lipinski definition) is 6. The lowest BCUT2D eigenvalue weighted by Gasteiger charge is -2.22. The fraction of sp³-hybridized carbons (Fsp3) is 0.154. The highest BCUT2D eigenvalue weighted by molar-refractivity contribution is 6.09. The van der Waals surface area contributed by atoms with Gasteiger partial charge in [-0.3, -0.25) is 24.8 Å². The molecule has 10 nitrogen and oxygen atoms in total. The molecule has 0 radical (unpaired) electrons. The van der Waals surface area contributed by atoms with Gasteiger partial charge in [-0.05, 0) is 36.4 Å². The highest BCUT2D eigenvalue weighted by Gasteiger charge is 2.33. The molecule has 0 aliphatic carbocycles. The minimum atomic E-state index is -1.16. The van der Waals surface area contributed by atoms with E-state index >= 15 is 0 Å². The van der Waals surface area contributed by atoms with E-state index < -0.39 is 30.6 Å². The number of nitrogens with one attached hydrogen (secondary N) is 1. The van der Waals surface area contributed by atoms with Gasteiger partial charge in [0.1, 0.15) is 24.7 Å². The van der Waals surface area contributed by atoms with E-state index in [1.54, 1.807) is 78.9 Å². The summed E-state index contributed by atoms with van der Waals surface area (Å²) in [6.45, 7) is -0.347. The molecular formula is C26H24N4O6. The molecule has 0 aromatic heterocycles. The number of nitrogens with zero attached hydrogens (tertiary/aromatic N) is 2. The van der Waals surface area contributed by atoms with E-state index in [0.29, 0.717) is 16.9 Å². The van der Waals surface area contributed by atoms with Gasteiger partial charge in [-0.15, -0.1) is 0 Å². The smallest absolute Gasteiger partial charge is 0.414 e. The second-order valence-corrected chi connectivity index (χ2v) is 8.01. The fourth-order valence-corrected chi connectivity index (χ4v) is 3.78. The summed E-state index contributed by atoms with van der Waals surface area (Å²) in [5.74, 6) is -1.57. The second kappa shape index (κ2) is 10.6. The van der Waals surface area contributed by atoms with Crippen molar-refractivity contribution in [2.45, 2.75) is 6.10 Å². The van der Waals surface area contributed by atoms with Gasteiger partial charge in [0, 0.05) is 16.9 Å². The van der Waals surface area contributed by atoms with Gasteiger partial charge in [0.15, 0.2) is 6.10 Å². The number of nitrogen functional groups attached to an aromatic ring is 1. The van der Waals surface area contributed by atoms with Gasteiger partial charge in [0.25, 0.3) is 5.91 Å². The summed E-state index contributed by atoms with van der Waals surface area (Å²) < 4.78 is 11.3. The normalized spacial score (nSPS) is 14.7. The molecule has 0 bridgehead atoms. The Balaban J connectivity index is 1.48. The number of amidine groups is 1. The summed E-state index contributed by atoms with van der Waals surface area (Å²) in [5.41, 5.74) is 7.18. The number of benzene rings is 3. The van der Waals surface area contributed by atoms with Crippen LogP contribution in [0.1, 0.15) is 15.9 Å². The van der Waals surface area contributed by atoms with Crippen molar-refractivity contribution in [2.24, 2.45) is 5.73 Å². The maximum absolute atomic E-state index is 13.3. The molecular weight excluding hydrogens is 464 g/mol. The predicted octanol–water partition coefficient (Wildman–Crippen LogP) is 3.11. The topological polar surface area (TPSA) is 146 Å². The number of nitrogens with two attached hydrogens (primary N) is 1. The Morgan fingerprint density at radius 1 is 1.08 bits per heavy atom. The molecule has 10 heteroatoms. The van der Waals surface area contributed by atoms with Crippen LogP contribution in [0.4, 0.5) is 16.2 Å². The Morgan fingerprint density at radius 3 is 2.53 bits per heavy atom. The molecule has 0 spiro atoms. The van der Waals surface area contributed by atoms with Crippen LogP contribution in [0.5, 0.6) is 5.75 Å². The number of cyclic esters (lactones) is 1. The molecule has 1 aliphatic heterocycles. The van der Waals surface area contributed by atoms with E-state index in [1.165, 1.54) is 4.90 Å². The number of carbonyl (C=O) groups is 3. The van der Waals surface area contributed by atoms with Crippen molar-refractivity contribution in [1.29, 1.82) is 5.41 Å². The predicted molar refractivity (Wildman–Crippen MR) is 133 cm³/mol. The van der Waals surface area contributed by atoms with Gasteiger partial charge in [0.2, 0.25) is 0 Å². The average Bonchev–Trinajstić information content (AvgIpc) is 3.26. The van der Waals surface area contributed by atoms with Crippen LogP contribution >= 0.6 is 0 Å². The fourth-order valence-electron chi connectivity index (χ4n) is 3.78. The minimum absolute atomic E-state index is 0.0246. The van der Waals surface area contributed by atoms with Crippen LogP contribution in [0.15, 0.2) is 78.9 Å². The molecule has 0 saturated carbocycles. The first-order valence-corrected chi connectivity index (χ1v) is 11.1. The van der Waals surface area contributed by atoms with Gasteiger partial charge in [-0.1, -0.05) is 42.5 Å². The Hall–Kier alpha value is -4.86. The lowest BCUT2D eigenvalue weighted by molar-refractivity contribution is -0.135. The van der Waals surface area contributed by atoms with Crippen molar-refractivity contribution in [1.82, 2.24) is 0 Å². The SMILES string of the molecule is N=C(N)c1cccc(N2CC(COc3ccccc3C(=O)N(CC(=O)O)c3ccccc3)OC2=O)c1. The molecule has 1 unspecified atom stereocenters. The minimum Gasteiger partial charge on any atom is -0.489 e. The third-order valence-corrected chi connectivity index (χ3v) is 5.49. The molecule has 184 valence electrons. The van der Waals surface area contributed by atoms with Crippen molar-refractivity contribution >= 4 is 35.2 Å². The number of ether oxygens (including phenoxy) is 2. The molecule has 2 amide bonds. The monoisotopic (exact) mass is 488 g/mol. The van der Waals surface area contributed by atoms with Crippen molar-refractivity contribution in [3.8, 4) is 5.75 Å². The number of rotatable bonds is 9. The summed E-state index contributed by atoms with van der Waals surface area (Å²) in [6.07, 6.45) is -1.18.